The van der Waals surface area contributed by atoms with E-state index in [0.29, 0.717) is 6.04 Å². The van der Waals surface area contributed by atoms with Gasteiger partial charge in [0.2, 0.25) is 0 Å². The Bertz CT molecular complexity index is 702. The molecule has 2 aromatic carbocycles. The lowest BCUT2D eigenvalue weighted by molar-refractivity contribution is 0.833. The van der Waals surface area contributed by atoms with E-state index in [4.69, 9.17) is 16.6 Å². The molecule has 2 nitrogen and oxygen atoms in total. The van der Waals surface area contributed by atoms with Gasteiger partial charge in [0.15, 0.2) is 0 Å². The molecule has 0 aromatic heterocycles. The zero-order valence-electron chi connectivity index (χ0n) is 11.1. The quantitative estimate of drug-likeness (QED) is 0.471. The average Bonchev–Trinajstić information content (AvgIpc) is 2.67. The molecule has 0 radical (unpaired) electrons. The maximum atomic E-state index is 6.37. The first kappa shape index (κ1) is 15.3. The van der Waals surface area contributed by atoms with E-state index in [1.54, 1.807) is 0 Å². The maximum absolute atomic E-state index is 6.37. The summed E-state index contributed by atoms with van der Waals surface area (Å²) in [6.07, 6.45) is 0. The van der Waals surface area contributed by atoms with Gasteiger partial charge in [0, 0.05) is 30.7 Å². The SMILES string of the molecule is Clc1ccccc1C1=NCC(CI)Nc2ccc(Br)cc21. The molecular formula is C16H13BrClIN2. The molecule has 1 aliphatic heterocycles. The number of hydrogen-bond donors (Lipinski definition) is 1. The number of nitrogens with zero attached hydrogens (tertiary/aromatic N) is 1. The van der Waals surface area contributed by atoms with E-state index >= 15 is 0 Å². The second-order valence-electron chi connectivity index (χ2n) is 4.85. The highest BCUT2D eigenvalue weighted by Gasteiger charge is 2.20. The van der Waals surface area contributed by atoms with Gasteiger partial charge in [-0.05, 0) is 24.3 Å². The zero-order chi connectivity index (χ0) is 14.8. The van der Waals surface area contributed by atoms with Gasteiger partial charge in [-0.2, -0.15) is 0 Å². The van der Waals surface area contributed by atoms with Gasteiger partial charge in [-0.25, -0.2) is 0 Å². The third-order valence-corrected chi connectivity index (χ3v) is 5.27. The molecule has 0 bridgehead atoms. The fourth-order valence-corrected chi connectivity index (χ4v) is 3.45. The minimum Gasteiger partial charge on any atom is -0.379 e. The Hall–Kier alpha value is -0.590. The van der Waals surface area contributed by atoms with Gasteiger partial charge in [0.05, 0.1) is 18.3 Å². The van der Waals surface area contributed by atoms with Crippen molar-refractivity contribution in [2.75, 3.05) is 16.3 Å². The van der Waals surface area contributed by atoms with E-state index in [1.165, 1.54) is 0 Å². The highest BCUT2D eigenvalue weighted by atomic mass is 127. The van der Waals surface area contributed by atoms with Gasteiger partial charge in [-0.15, -0.1) is 0 Å². The number of aliphatic imine (C=N–C) groups is 1. The first-order valence-electron chi connectivity index (χ1n) is 6.61. The van der Waals surface area contributed by atoms with Crippen LogP contribution in [0.2, 0.25) is 5.02 Å². The monoisotopic (exact) mass is 474 g/mol. The van der Waals surface area contributed by atoms with Crippen molar-refractivity contribution in [2.45, 2.75) is 6.04 Å². The molecule has 1 aliphatic rings. The molecule has 1 unspecified atom stereocenters. The lowest BCUT2D eigenvalue weighted by Crippen LogP contribution is -2.23. The maximum Gasteiger partial charge on any atom is 0.0755 e. The van der Waals surface area contributed by atoms with E-state index < -0.39 is 0 Å². The largest absolute Gasteiger partial charge is 0.379 e. The van der Waals surface area contributed by atoms with E-state index in [1.807, 2.05) is 30.3 Å². The average molecular weight is 476 g/mol. The van der Waals surface area contributed by atoms with Crippen molar-refractivity contribution in [3.63, 3.8) is 0 Å². The molecule has 0 amide bonds. The second kappa shape index (κ2) is 6.67. The van der Waals surface area contributed by atoms with Crippen LogP contribution in [0.5, 0.6) is 0 Å². The number of nitrogens with one attached hydrogen (secondary N) is 1. The van der Waals surface area contributed by atoms with Crippen LogP contribution in [0.15, 0.2) is 51.9 Å². The highest BCUT2D eigenvalue weighted by molar-refractivity contribution is 14.1. The van der Waals surface area contributed by atoms with Crippen LogP contribution < -0.4 is 5.32 Å². The van der Waals surface area contributed by atoms with E-state index in [-0.39, 0.29) is 0 Å². The summed E-state index contributed by atoms with van der Waals surface area (Å²) in [5.41, 5.74) is 4.13. The summed E-state index contributed by atoms with van der Waals surface area (Å²) in [7, 11) is 0. The van der Waals surface area contributed by atoms with Crippen molar-refractivity contribution < 1.29 is 0 Å². The predicted molar refractivity (Wildman–Crippen MR) is 102 cm³/mol. The zero-order valence-corrected chi connectivity index (χ0v) is 15.6. The van der Waals surface area contributed by atoms with Crippen molar-refractivity contribution in [3.8, 4) is 0 Å². The fraction of sp³-hybridized carbons (Fsp3) is 0.188. The van der Waals surface area contributed by atoms with Crippen molar-refractivity contribution in [3.05, 3.63) is 63.1 Å². The standard InChI is InChI=1S/C16H13BrClIN2/c17-10-5-6-15-13(7-10)16(20-9-11(8-19)21-15)12-3-1-2-4-14(12)18/h1-7,11,21H,8-9H2. The molecule has 1 N–H and O–H groups in total. The Morgan fingerprint density at radius 1 is 1.24 bits per heavy atom. The van der Waals surface area contributed by atoms with Gasteiger partial charge < -0.3 is 5.32 Å². The summed E-state index contributed by atoms with van der Waals surface area (Å²) < 4.78 is 2.04. The van der Waals surface area contributed by atoms with Crippen LogP contribution in [0.25, 0.3) is 0 Å². The van der Waals surface area contributed by atoms with Crippen LogP contribution in [0, 0.1) is 0 Å². The predicted octanol–water partition coefficient (Wildman–Crippen LogP) is 5.17. The van der Waals surface area contributed by atoms with Crippen LogP contribution >= 0.6 is 50.1 Å². The lowest BCUT2D eigenvalue weighted by atomic mass is 10.0. The molecule has 0 aliphatic carbocycles. The number of rotatable bonds is 2. The van der Waals surface area contributed by atoms with Crippen molar-refractivity contribution >= 4 is 61.5 Å². The second-order valence-corrected chi connectivity index (χ2v) is 7.06. The van der Waals surface area contributed by atoms with Crippen molar-refractivity contribution in [1.82, 2.24) is 0 Å². The summed E-state index contributed by atoms with van der Waals surface area (Å²) in [5.74, 6) is 0. The molecule has 5 heteroatoms. The Kier molecular flexibility index (Phi) is 4.86. The summed E-state index contributed by atoms with van der Waals surface area (Å²) in [5, 5.41) is 4.30. The first-order valence-corrected chi connectivity index (χ1v) is 9.30. The molecule has 1 heterocycles. The number of alkyl halides is 1. The van der Waals surface area contributed by atoms with Crippen LogP contribution in [0.4, 0.5) is 5.69 Å². The number of fused-ring (bicyclic) bond motifs is 1. The fourth-order valence-electron chi connectivity index (χ4n) is 2.36. The van der Waals surface area contributed by atoms with E-state index in [2.05, 4.69) is 56.0 Å². The summed E-state index contributed by atoms with van der Waals surface area (Å²) in [6, 6.07) is 14.4. The Morgan fingerprint density at radius 2 is 2.05 bits per heavy atom. The molecule has 3 rings (SSSR count). The minimum absolute atomic E-state index is 0.338. The molecular weight excluding hydrogens is 462 g/mol. The molecule has 2 aromatic rings. The van der Waals surface area contributed by atoms with Gasteiger partial charge in [-0.3, -0.25) is 4.99 Å². The smallest absolute Gasteiger partial charge is 0.0755 e. The van der Waals surface area contributed by atoms with Crippen molar-refractivity contribution in [1.29, 1.82) is 0 Å². The van der Waals surface area contributed by atoms with Crippen LogP contribution in [0.3, 0.4) is 0 Å². The molecule has 108 valence electrons. The minimum atomic E-state index is 0.338. The van der Waals surface area contributed by atoms with Crippen LogP contribution in [0.1, 0.15) is 11.1 Å². The molecule has 0 saturated heterocycles. The Labute approximate surface area is 151 Å². The molecule has 0 fully saturated rings. The Balaban J connectivity index is 2.18. The number of halogens is 3. The normalized spacial score (nSPS) is 17.5. The Morgan fingerprint density at radius 3 is 2.81 bits per heavy atom. The first-order chi connectivity index (χ1) is 10.2. The molecule has 21 heavy (non-hydrogen) atoms. The molecule has 0 saturated carbocycles. The van der Waals surface area contributed by atoms with Crippen molar-refractivity contribution in [2.24, 2.45) is 4.99 Å². The number of benzene rings is 2. The number of benzodiazepines with no additional fused rings is 1. The number of anilines is 1. The van der Waals surface area contributed by atoms with Gasteiger partial charge >= 0.3 is 0 Å². The van der Waals surface area contributed by atoms with Gasteiger partial charge in [0.25, 0.3) is 0 Å². The topological polar surface area (TPSA) is 24.4 Å². The van der Waals surface area contributed by atoms with E-state index in [9.17, 15) is 0 Å². The summed E-state index contributed by atoms with van der Waals surface area (Å²) in [4.78, 5) is 4.83. The van der Waals surface area contributed by atoms with Crippen LogP contribution in [-0.2, 0) is 0 Å². The molecule has 1 atom stereocenters. The van der Waals surface area contributed by atoms with Gasteiger partial charge in [-0.1, -0.05) is 68.3 Å². The van der Waals surface area contributed by atoms with Gasteiger partial charge in [0.1, 0.15) is 0 Å². The summed E-state index contributed by atoms with van der Waals surface area (Å²) in [6.45, 7) is 0.746. The van der Waals surface area contributed by atoms with E-state index in [0.717, 1.165) is 43.0 Å². The summed E-state index contributed by atoms with van der Waals surface area (Å²) >= 11 is 12.3. The van der Waals surface area contributed by atoms with Crippen LogP contribution in [-0.4, -0.2) is 22.7 Å². The number of hydrogen-bond acceptors (Lipinski definition) is 2. The molecule has 0 spiro atoms. The third-order valence-electron chi connectivity index (χ3n) is 3.38. The lowest BCUT2D eigenvalue weighted by Gasteiger charge is -2.15. The highest BCUT2D eigenvalue weighted by Crippen LogP contribution is 2.29. The third kappa shape index (κ3) is 3.27.